The van der Waals surface area contributed by atoms with Crippen molar-refractivity contribution in [1.82, 2.24) is 4.90 Å². The zero-order valence-electron chi connectivity index (χ0n) is 11.7. The predicted octanol–water partition coefficient (Wildman–Crippen LogP) is 1.74. The standard InChI is InChI=1S/C15H19NO3S/c1-12(10-13-6-4-3-5-7-13)15(17)16(2)14-8-9-20(18,19)11-14/h3-7,10,14H,8-9,11H2,1-2H3/b12-10+. The van der Waals surface area contributed by atoms with Gasteiger partial charge in [-0.1, -0.05) is 30.3 Å². The molecule has 0 spiro atoms. The second-order valence-corrected chi connectivity index (χ2v) is 7.44. The summed E-state index contributed by atoms with van der Waals surface area (Å²) in [5.74, 6) is 0.140. The molecule has 1 aromatic carbocycles. The third-order valence-corrected chi connectivity index (χ3v) is 5.35. The topological polar surface area (TPSA) is 54.5 Å². The fourth-order valence-corrected chi connectivity index (χ4v) is 4.16. The van der Waals surface area contributed by atoms with Crippen molar-refractivity contribution in [2.45, 2.75) is 19.4 Å². The average molecular weight is 293 g/mol. The first kappa shape index (κ1) is 14.8. The van der Waals surface area contributed by atoms with Crippen molar-refractivity contribution in [3.05, 3.63) is 41.5 Å². The van der Waals surface area contributed by atoms with E-state index in [2.05, 4.69) is 0 Å². The molecule has 1 saturated heterocycles. The molecule has 20 heavy (non-hydrogen) atoms. The van der Waals surface area contributed by atoms with Gasteiger partial charge in [0.2, 0.25) is 5.91 Å². The minimum atomic E-state index is -2.97. The number of hydrogen-bond acceptors (Lipinski definition) is 3. The fraction of sp³-hybridized carbons (Fsp3) is 0.400. The minimum absolute atomic E-state index is 0.0772. The number of hydrogen-bond donors (Lipinski definition) is 0. The van der Waals surface area contributed by atoms with Crippen molar-refractivity contribution in [3.8, 4) is 0 Å². The highest BCUT2D eigenvalue weighted by molar-refractivity contribution is 7.91. The van der Waals surface area contributed by atoms with Gasteiger partial charge in [-0.15, -0.1) is 0 Å². The number of benzene rings is 1. The Balaban J connectivity index is 2.09. The van der Waals surface area contributed by atoms with Crippen LogP contribution in [0.25, 0.3) is 6.08 Å². The second kappa shape index (κ2) is 5.79. The van der Waals surface area contributed by atoms with E-state index in [4.69, 9.17) is 0 Å². The summed E-state index contributed by atoms with van der Waals surface area (Å²) in [5, 5.41) is 0. The Morgan fingerprint density at radius 2 is 1.95 bits per heavy atom. The summed E-state index contributed by atoms with van der Waals surface area (Å²) in [5.41, 5.74) is 1.58. The number of rotatable bonds is 3. The SMILES string of the molecule is C/C(=C\c1ccccc1)C(=O)N(C)C1CCS(=O)(=O)C1. The first-order valence-electron chi connectivity index (χ1n) is 6.60. The van der Waals surface area contributed by atoms with E-state index in [0.717, 1.165) is 5.56 Å². The van der Waals surface area contributed by atoms with E-state index in [0.29, 0.717) is 12.0 Å². The highest BCUT2D eigenvalue weighted by Crippen LogP contribution is 2.18. The number of likely N-dealkylation sites (N-methyl/N-ethyl adjacent to an activating group) is 1. The van der Waals surface area contributed by atoms with Gasteiger partial charge in [-0.2, -0.15) is 0 Å². The highest BCUT2D eigenvalue weighted by Gasteiger charge is 2.32. The molecule has 0 bridgehead atoms. The molecule has 1 heterocycles. The second-order valence-electron chi connectivity index (χ2n) is 5.21. The molecule has 4 nitrogen and oxygen atoms in total. The van der Waals surface area contributed by atoms with E-state index in [1.54, 1.807) is 18.9 Å². The van der Waals surface area contributed by atoms with Crippen molar-refractivity contribution in [2.75, 3.05) is 18.6 Å². The van der Waals surface area contributed by atoms with E-state index >= 15 is 0 Å². The van der Waals surface area contributed by atoms with Crippen molar-refractivity contribution in [2.24, 2.45) is 0 Å². The van der Waals surface area contributed by atoms with Gasteiger partial charge < -0.3 is 4.90 Å². The maximum absolute atomic E-state index is 12.3. The van der Waals surface area contributed by atoms with Gasteiger partial charge in [0.15, 0.2) is 9.84 Å². The highest BCUT2D eigenvalue weighted by atomic mass is 32.2. The Labute approximate surface area is 120 Å². The fourth-order valence-electron chi connectivity index (χ4n) is 2.39. The summed E-state index contributed by atoms with van der Waals surface area (Å²) >= 11 is 0. The predicted molar refractivity (Wildman–Crippen MR) is 79.9 cm³/mol. The summed E-state index contributed by atoms with van der Waals surface area (Å²) in [7, 11) is -1.30. The van der Waals surface area contributed by atoms with Gasteiger partial charge in [-0.3, -0.25) is 4.79 Å². The lowest BCUT2D eigenvalue weighted by Crippen LogP contribution is -2.38. The van der Waals surface area contributed by atoms with Crippen LogP contribution in [-0.2, 0) is 14.6 Å². The third kappa shape index (κ3) is 3.48. The van der Waals surface area contributed by atoms with E-state index in [1.807, 2.05) is 36.4 Å². The Morgan fingerprint density at radius 1 is 1.30 bits per heavy atom. The van der Waals surface area contributed by atoms with E-state index in [-0.39, 0.29) is 23.5 Å². The summed E-state index contributed by atoms with van der Waals surface area (Å²) < 4.78 is 23.0. The van der Waals surface area contributed by atoms with Crippen LogP contribution in [0.2, 0.25) is 0 Å². The molecule has 1 aliphatic heterocycles. The minimum Gasteiger partial charge on any atom is -0.338 e. The smallest absolute Gasteiger partial charge is 0.249 e. The van der Waals surface area contributed by atoms with Crippen molar-refractivity contribution >= 4 is 21.8 Å². The van der Waals surface area contributed by atoms with Gasteiger partial charge in [0, 0.05) is 18.7 Å². The largest absolute Gasteiger partial charge is 0.338 e. The molecule has 1 atom stereocenters. The molecule has 1 aliphatic rings. The summed E-state index contributed by atoms with van der Waals surface area (Å²) in [6, 6.07) is 9.40. The lowest BCUT2D eigenvalue weighted by atomic mass is 10.1. The third-order valence-electron chi connectivity index (χ3n) is 3.60. The molecule has 0 aliphatic carbocycles. The average Bonchev–Trinajstić information content (AvgIpc) is 2.78. The quantitative estimate of drug-likeness (QED) is 0.798. The van der Waals surface area contributed by atoms with Crippen molar-refractivity contribution in [1.29, 1.82) is 0 Å². The number of carbonyl (C=O) groups is 1. The van der Waals surface area contributed by atoms with Crippen molar-refractivity contribution < 1.29 is 13.2 Å². The molecule has 0 radical (unpaired) electrons. The first-order chi connectivity index (χ1) is 9.39. The number of sulfone groups is 1. The molecule has 108 valence electrons. The van der Waals surface area contributed by atoms with Gasteiger partial charge in [-0.05, 0) is 25.0 Å². The molecule has 1 unspecified atom stereocenters. The van der Waals surface area contributed by atoms with Crippen LogP contribution < -0.4 is 0 Å². The Hall–Kier alpha value is -1.62. The number of nitrogens with zero attached hydrogens (tertiary/aromatic N) is 1. The maximum Gasteiger partial charge on any atom is 0.249 e. The molecule has 1 aromatic rings. The van der Waals surface area contributed by atoms with Crippen LogP contribution >= 0.6 is 0 Å². The van der Waals surface area contributed by atoms with Crippen LogP contribution in [-0.4, -0.2) is 43.8 Å². The molecule has 1 amide bonds. The van der Waals surface area contributed by atoms with E-state index in [9.17, 15) is 13.2 Å². The molecule has 0 N–H and O–H groups in total. The molecule has 1 fully saturated rings. The monoisotopic (exact) mass is 293 g/mol. The van der Waals surface area contributed by atoms with Gasteiger partial charge in [0.1, 0.15) is 0 Å². The molecule has 5 heteroatoms. The van der Waals surface area contributed by atoms with Crippen molar-refractivity contribution in [3.63, 3.8) is 0 Å². The zero-order chi connectivity index (χ0) is 14.8. The van der Waals surface area contributed by atoms with Crippen LogP contribution in [0.15, 0.2) is 35.9 Å². The summed E-state index contributed by atoms with van der Waals surface area (Å²) in [4.78, 5) is 13.9. The molecule has 2 rings (SSSR count). The van der Waals surface area contributed by atoms with Gasteiger partial charge in [0.05, 0.1) is 11.5 Å². The van der Waals surface area contributed by atoms with Crippen LogP contribution in [0, 0.1) is 0 Å². The summed E-state index contributed by atoms with van der Waals surface area (Å²) in [6.45, 7) is 1.76. The number of amides is 1. The Bertz CT molecular complexity index is 620. The zero-order valence-corrected chi connectivity index (χ0v) is 12.6. The van der Waals surface area contributed by atoms with Gasteiger partial charge in [-0.25, -0.2) is 8.42 Å². The first-order valence-corrected chi connectivity index (χ1v) is 8.42. The normalized spacial score (nSPS) is 21.7. The molecular weight excluding hydrogens is 274 g/mol. The van der Waals surface area contributed by atoms with E-state index < -0.39 is 9.84 Å². The van der Waals surface area contributed by atoms with Crippen LogP contribution in [0.3, 0.4) is 0 Å². The van der Waals surface area contributed by atoms with Crippen LogP contribution in [0.1, 0.15) is 18.9 Å². The lowest BCUT2D eigenvalue weighted by molar-refractivity contribution is -0.127. The number of carbonyl (C=O) groups excluding carboxylic acids is 1. The van der Waals surface area contributed by atoms with E-state index in [1.165, 1.54) is 0 Å². The molecule has 0 saturated carbocycles. The van der Waals surface area contributed by atoms with Gasteiger partial charge >= 0.3 is 0 Å². The molecule has 0 aromatic heterocycles. The van der Waals surface area contributed by atoms with Crippen LogP contribution in [0.4, 0.5) is 0 Å². The Morgan fingerprint density at radius 3 is 2.50 bits per heavy atom. The van der Waals surface area contributed by atoms with Gasteiger partial charge in [0.25, 0.3) is 0 Å². The summed E-state index contributed by atoms with van der Waals surface area (Å²) in [6.07, 6.45) is 2.35. The Kier molecular flexibility index (Phi) is 4.28. The molecular formula is C15H19NO3S. The van der Waals surface area contributed by atoms with Crippen LogP contribution in [0.5, 0.6) is 0 Å². The maximum atomic E-state index is 12.3. The lowest BCUT2D eigenvalue weighted by Gasteiger charge is -2.23.